The van der Waals surface area contributed by atoms with Crippen molar-refractivity contribution in [2.45, 2.75) is 57.6 Å². The first kappa shape index (κ1) is 34.6. The summed E-state index contributed by atoms with van der Waals surface area (Å²) in [6.45, 7) is 7.51. The van der Waals surface area contributed by atoms with E-state index in [9.17, 15) is 28.1 Å². The molecule has 2 amide bonds. The van der Waals surface area contributed by atoms with E-state index >= 15 is 0 Å². The van der Waals surface area contributed by atoms with Crippen molar-refractivity contribution in [3.63, 3.8) is 0 Å². The van der Waals surface area contributed by atoms with Gasteiger partial charge in [-0.15, -0.1) is 0 Å². The van der Waals surface area contributed by atoms with Gasteiger partial charge in [-0.2, -0.15) is 0 Å². The van der Waals surface area contributed by atoms with Crippen molar-refractivity contribution < 1.29 is 27.7 Å². The second kappa shape index (κ2) is 13.8. The molecular weight excluding hydrogens is 631 g/mol. The SMILES string of the molecule is COc1ccc(N(CC(=O)N(Cc2ccc(Cl)cc2Cl)[C@@H](C)C(=O)NC(C)(C)C)S(=O)(=O)c2ccc(C)c([N+](=O)[O-])c2)cc1. The molecule has 0 radical (unpaired) electrons. The van der Waals surface area contributed by atoms with Crippen LogP contribution in [0.5, 0.6) is 5.75 Å². The van der Waals surface area contributed by atoms with Gasteiger partial charge in [-0.1, -0.05) is 35.3 Å². The Morgan fingerprint density at radius 3 is 2.23 bits per heavy atom. The summed E-state index contributed by atoms with van der Waals surface area (Å²) < 4.78 is 34.2. The third-order valence-electron chi connectivity index (χ3n) is 6.63. The number of methoxy groups -OCH3 is 1. The van der Waals surface area contributed by atoms with Crippen molar-refractivity contribution in [3.8, 4) is 5.75 Å². The van der Waals surface area contributed by atoms with Crippen LogP contribution in [0.25, 0.3) is 0 Å². The lowest BCUT2D eigenvalue weighted by atomic mass is 10.1. The minimum atomic E-state index is -4.54. The number of nitro groups is 1. The van der Waals surface area contributed by atoms with Gasteiger partial charge in [0.25, 0.3) is 15.7 Å². The van der Waals surface area contributed by atoms with E-state index in [1.807, 2.05) is 0 Å². The molecule has 0 fully saturated rings. The minimum Gasteiger partial charge on any atom is -0.497 e. The van der Waals surface area contributed by atoms with E-state index in [2.05, 4.69) is 5.32 Å². The van der Waals surface area contributed by atoms with E-state index in [1.165, 1.54) is 68.3 Å². The molecule has 0 aliphatic carbocycles. The van der Waals surface area contributed by atoms with Crippen LogP contribution in [0.2, 0.25) is 10.0 Å². The highest BCUT2D eigenvalue weighted by molar-refractivity contribution is 7.92. The zero-order valence-corrected chi connectivity index (χ0v) is 27.5. The number of nitrogens with zero attached hydrogens (tertiary/aromatic N) is 3. The van der Waals surface area contributed by atoms with Crippen LogP contribution in [0.3, 0.4) is 0 Å². The molecule has 0 spiro atoms. The number of hydrogen-bond acceptors (Lipinski definition) is 7. The van der Waals surface area contributed by atoms with E-state index in [-0.39, 0.29) is 27.7 Å². The van der Waals surface area contributed by atoms with Crippen LogP contribution in [0.15, 0.2) is 65.6 Å². The van der Waals surface area contributed by atoms with Gasteiger partial charge in [-0.3, -0.25) is 24.0 Å². The van der Waals surface area contributed by atoms with Crippen molar-refractivity contribution in [1.29, 1.82) is 0 Å². The first-order valence-electron chi connectivity index (χ1n) is 13.4. The van der Waals surface area contributed by atoms with Crippen LogP contribution in [0.4, 0.5) is 11.4 Å². The first-order valence-corrected chi connectivity index (χ1v) is 15.6. The van der Waals surface area contributed by atoms with Gasteiger partial charge in [0.2, 0.25) is 11.8 Å². The topological polar surface area (TPSA) is 139 Å². The van der Waals surface area contributed by atoms with E-state index in [4.69, 9.17) is 27.9 Å². The number of amides is 2. The van der Waals surface area contributed by atoms with Crippen molar-refractivity contribution >= 4 is 56.4 Å². The zero-order chi connectivity index (χ0) is 33.0. The summed E-state index contributed by atoms with van der Waals surface area (Å²) >= 11 is 12.5. The van der Waals surface area contributed by atoms with Gasteiger partial charge >= 0.3 is 0 Å². The molecule has 236 valence electrons. The van der Waals surface area contributed by atoms with Gasteiger partial charge in [0.05, 0.1) is 22.6 Å². The van der Waals surface area contributed by atoms with Gasteiger partial charge in [-0.25, -0.2) is 8.42 Å². The maximum atomic E-state index is 14.1. The molecule has 1 N–H and O–H groups in total. The lowest BCUT2D eigenvalue weighted by molar-refractivity contribution is -0.385. The minimum absolute atomic E-state index is 0.0960. The number of hydrogen-bond donors (Lipinski definition) is 1. The number of anilines is 1. The number of carbonyl (C=O) groups excluding carboxylic acids is 2. The van der Waals surface area contributed by atoms with Gasteiger partial charge in [0.15, 0.2) is 0 Å². The smallest absolute Gasteiger partial charge is 0.273 e. The summed E-state index contributed by atoms with van der Waals surface area (Å²) in [5.41, 5.74) is -0.160. The summed E-state index contributed by atoms with van der Waals surface area (Å²) in [4.78, 5) is 39.1. The molecule has 0 saturated carbocycles. The highest BCUT2D eigenvalue weighted by Gasteiger charge is 2.34. The summed E-state index contributed by atoms with van der Waals surface area (Å²) in [6.07, 6.45) is 0. The molecule has 0 aliphatic heterocycles. The number of aryl methyl sites for hydroxylation is 1. The highest BCUT2D eigenvalue weighted by Crippen LogP contribution is 2.30. The molecule has 44 heavy (non-hydrogen) atoms. The predicted octanol–water partition coefficient (Wildman–Crippen LogP) is 5.75. The van der Waals surface area contributed by atoms with Gasteiger partial charge < -0.3 is 15.0 Å². The number of benzene rings is 3. The fourth-order valence-corrected chi connectivity index (χ4v) is 6.14. The fraction of sp³-hybridized carbons (Fsp3) is 0.333. The molecule has 3 rings (SSSR count). The normalized spacial score (nSPS) is 12.3. The van der Waals surface area contributed by atoms with Crippen LogP contribution in [-0.4, -0.2) is 55.3 Å². The number of sulfonamides is 1. The number of nitrogens with one attached hydrogen (secondary N) is 1. The van der Waals surface area contributed by atoms with Gasteiger partial charge in [-0.05, 0) is 82.6 Å². The Bertz CT molecular complexity index is 1660. The Kier molecular flexibility index (Phi) is 10.9. The Morgan fingerprint density at radius 2 is 1.68 bits per heavy atom. The number of carbonyl (C=O) groups is 2. The number of nitro benzene ring substituents is 1. The van der Waals surface area contributed by atoms with E-state index in [0.29, 0.717) is 16.3 Å². The Morgan fingerprint density at radius 1 is 1.05 bits per heavy atom. The van der Waals surface area contributed by atoms with Crippen molar-refractivity contribution in [3.05, 3.63) is 92.0 Å². The fourth-order valence-electron chi connectivity index (χ4n) is 4.24. The predicted molar refractivity (Wildman–Crippen MR) is 170 cm³/mol. The van der Waals surface area contributed by atoms with Crippen LogP contribution < -0.4 is 14.4 Å². The second-order valence-corrected chi connectivity index (χ2v) is 13.8. The molecule has 14 heteroatoms. The molecule has 3 aromatic rings. The lowest BCUT2D eigenvalue weighted by Crippen LogP contribution is -2.54. The largest absolute Gasteiger partial charge is 0.497 e. The van der Waals surface area contributed by atoms with Crippen LogP contribution in [0.1, 0.15) is 38.8 Å². The van der Waals surface area contributed by atoms with E-state index < -0.39 is 50.6 Å². The van der Waals surface area contributed by atoms with Gasteiger partial charge in [0.1, 0.15) is 18.3 Å². The summed E-state index contributed by atoms with van der Waals surface area (Å²) in [7, 11) is -3.09. The number of ether oxygens (including phenoxy) is 1. The Labute approximate surface area is 266 Å². The molecule has 0 unspecified atom stereocenters. The molecule has 3 aromatic carbocycles. The number of rotatable bonds is 11. The molecule has 0 bridgehead atoms. The van der Waals surface area contributed by atoms with Crippen molar-refractivity contribution in [2.75, 3.05) is 18.0 Å². The quantitative estimate of drug-likeness (QED) is 0.203. The van der Waals surface area contributed by atoms with Gasteiger partial charge in [0, 0.05) is 33.8 Å². The molecular formula is C30H34Cl2N4O7S. The molecule has 1 atom stereocenters. The summed E-state index contributed by atoms with van der Waals surface area (Å²) in [6, 6.07) is 13.1. The van der Waals surface area contributed by atoms with Crippen LogP contribution >= 0.6 is 23.2 Å². The summed E-state index contributed by atoms with van der Waals surface area (Å²) in [5.74, 6) is -0.757. The molecule has 0 saturated heterocycles. The summed E-state index contributed by atoms with van der Waals surface area (Å²) in [5, 5.41) is 15.1. The Hall–Kier alpha value is -3.87. The highest BCUT2D eigenvalue weighted by atomic mass is 35.5. The maximum Gasteiger partial charge on any atom is 0.273 e. The third-order valence-corrected chi connectivity index (χ3v) is 8.98. The average Bonchev–Trinajstić information content (AvgIpc) is 2.94. The van der Waals surface area contributed by atoms with E-state index in [1.54, 1.807) is 32.9 Å². The molecule has 0 aromatic heterocycles. The third kappa shape index (κ3) is 8.40. The second-order valence-electron chi connectivity index (χ2n) is 11.1. The average molecular weight is 666 g/mol. The standard InChI is InChI=1S/C30H34Cl2N4O7S/c1-19-7-14-25(16-27(19)36(39)40)44(41,42)35(23-10-12-24(43-6)13-11-23)18-28(37)34(20(2)29(38)33-30(3,4)5)17-21-8-9-22(31)15-26(21)32/h7-16,20H,17-18H2,1-6H3,(H,33,38)/t20-/m0/s1. The zero-order valence-electron chi connectivity index (χ0n) is 25.1. The van der Waals surface area contributed by atoms with Crippen molar-refractivity contribution in [1.82, 2.24) is 10.2 Å². The monoisotopic (exact) mass is 664 g/mol. The molecule has 0 aliphatic rings. The van der Waals surface area contributed by atoms with Crippen LogP contribution in [0, 0.1) is 17.0 Å². The molecule has 0 heterocycles. The lowest BCUT2D eigenvalue weighted by Gasteiger charge is -2.33. The van der Waals surface area contributed by atoms with Crippen LogP contribution in [-0.2, 0) is 26.2 Å². The Balaban J connectivity index is 2.12. The van der Waals surface area contributed by atoms with E-state index in [0.717, 1.165) is 10.4 Å². The molecule has 11 nitrogen and oxygen atoms in total. The first-order chi connectivity index (χ1) is 20.4. The van der Waals surface area contributed by atoms with Crippen molar-refractivity contribution in [2.24, 2.45) is 0 Å². The maximum absolute atomic E-state index is 14.1. The number of halogens is 2.